The van der Waals surface area contributed by atoms with Gasteiger partial charge in [0.1, 0.15) is 0 Å². The molecule has 0 amide bonds. The minimum Gasteiger partial charge on any atom is -0.381 e. The molecule has 0 N–H and O–H groups in total. The van der Waals surface area contributed by atoms with Crippen LogP contribution in [-0.4, -0.2) is 58.7 Å². The molecule has 3 aliphatic heterocycles. The van der Waals surface area contributed by atoms with E-state index in [-0.39, 0.29) is 32.7 Å². The van der Waals surface area contributed by atoms with E-state index in [9.17, 15) is 0 Å². The van der Waals surface area contributed by atoms with Gasteiger partial charge < -0.3 is 20.9 Å². The van der Waals surface area contributed by atoms with Crippen molar-refractivity contribution in [3.63, 3.8) is 0 Å². The van der Waals surface area contributed by atoms with Crippen LogP contribution in [0.2, 0.25) is 19.6 Å². The summed E-state index contributed by atoms with van der Waals surface area (Å²) in [4.78, 5) is 4.41. The zero-order chi connectivity index (χ0) is 24.8. The fraction of sp³-hybridized carbons (Fsp3) is 0.321. The Bertz CT molecular complexity index is 706. The Morgan fingerprint density at radius 1 is 0.714 bits per heavy atom. The molecule has 0 spiro atoms. The summed E-state index contributed by atoms with van der Waals surface area (Å²) in [7, 11) is 3.33. The SMILES string of the molecule is C1CCOC1.CN1[CH][CH][CH]B1c1ccccc1.CN1[CH][CH][CH]B1c1ccccc1.[CH2-][Si](C)(C)C.[Y+3]. The number of ether oxygens (including phenoxy) is 1. The molecular weight excluding hydrogens is 519 g/mol. The van der Waals surface area contributed by atoms with E-state index in [4.69, 9.17) is 4.74 Å². The van der Waals surface area contributed by atoms with Crippen LogP contribution >= 0.6 is 0 Å². The molecule has 3 saturated heterocycles. The predicted molar refractivity (Wildman–Crippen MR) is 154 cm³/mol. The van der Waals surface area contributed by atoms with Gasteiger partial charge in [0.15, 0.2) is 0 Å². The standard InChI is InChI=1S/2C10H11BN.C4H8O.C4H11Si.Y/c2*1-12-9-5-8-11(12)10-6-3-2-4-7-10;1-2-4-5-3-1;1-5(2,3)4;/h2*2-9H,1H3;1-4H2;1H2,2-4H3;/q;;;-1;+3. The fourth-order valence-corrected chi connectivity index (χ4v) is 3.54. The van der Waals surface area contributed by atoms with Crippen LogP contribution in [0.5, 0.6) is 0 Å². The van der Waals surface area contributed by atoms with Gasteiger partial charge in [-0.25, -0.2) is 0 Å². The van der Waals surface area contributed by atoms with E-state index >= 15 is 0 Å². The van der Waals surface area contributed by atoms with E-state index in [0.717, 1.165) is 13.2 Å². The first-order valence-corrected chi connectivity index (χ1v) is 16.0. The zero-order valence-corrected chi connectivity index (χ0v) is 26.1. The van der Waals surface area contributed by atoms with Crippen LogP contribution in [0, 0.1) is 45.1 Å². The third-order valence-corrected chi connectivity index (χ3v) is 5.22. The molecule has 35 heavy (non-hydrogen) atoms. The first kappa shape index (κ1) is 32.8. The molecule has 2 aromatic carbocycles. The summed E-state index contributed by atoms with van der Waals surface area (Å²) in [6.07, 6.45) is 11.2. The average molecular weight is 560 g/mol. The quantitative estimate of drug-likeness (QED) is 0.401. The van der Waals surface area contributed by atoms with Gasteiger partial charge in [-0.2, -0.15) is 0 Å². The maximum Gasteiger partial charge on any atom is 3.00 e. The molecule has 3 aliphatic rings. The first-order chi connectivity index (χ1) is 16.3. The molecule has 3 heterocycles. The second kappa shape index (κ2) is 18.1. The summed E-state index contributed by atoms with van der Waals surface area (Å²) in [5.41, 5.74) is 2.70. The van der Waals surface area contributed by atoms with Crippen molar-refractivity contribution < 1.29 is 37.4 Å². The monoisotopic (exact) mass is 560 g/mol. The minimum absolute atomic E-state index is 0. The van der Waals surface area contributed by atoms with E-state index in [0.29, 0.717) is 13.7 Å². The number of nitrogens with zero attached hydrogens (tertiary/aromatic N) is 2. The maximum absolute atomic E-state index is 4.94. The Labute approximate surface area is 243 Å². The maximum atomic E-state index is 4.94. The van der Waals surface area contributed by atoms with E-state index < -0.39 is 8.07 Å². The van der Waals surface area contributed by atoms with E-state index in [1.807, 2.05) is 12.1 Å². The Kier molecular flexibility index (Phi) is 17.0. The molecule has 0 aliphatic carbocycles. The summed E-state index contributed by atoms with van der Waals surface area (Å²) in [5, 5.41) is 0. The Balaban J connectivity index is 0.000000250. The molecule has 180 valence electrons. The Morgan fingerprint density at radius 2 is 1.06 bits per heavy atom. The second-order valence-corrected chi connectivity index (χ2v) is 15.1. The topological polar surface area (TPSA) is 15.7 Å². The average Bonchev–Trinajstić information content (AvgIpc) is 3.59. The predicted octanol–water partition coefficient (Wildman–Crippen LogP) is 4.37. The van der Waals surface area contributed by atoms with Crippen molar-refractivity contribution in [3.8, 4) is 0 Å². The van der Waals surface area contributed by atoms with Gasteiger partial charge in [-0.3, -0.25) is 0 Å². The fourth-order valence-electron chi connectivity index (χ4n) is 3.54. The van der Waals surface area contributed by atoms with Crippen molar-refractivity contribution in [2.24, 2.45) is 0 Å². The van der Waals surface area contributed by atoms with Crippen molar-refractivity contribution in [1.82, 2.24) is 9.62 Å². The van der Waals surface area contributed by atoms with Crippen LogP contribution < -0.4 is 10.9 Å². The van der Waals surface area contributed by atoms with Gasteiger partial charge in [-0.05, 0) is 52.4 Å². The van der Waals surface area contributed by atoms with Crippen molar-refractivity contribution in [2.45, 2.75) is 32.5 Å². The van der Waals surface area contributed by atoms with Crippen LogP contribution in [0.3, 0.4) is 0 Å². The third-order valence-electron chi connectivity index (χ3n) is 5.22. The molecule has 3 nitrogen and oxygen atoms in total. The molecule has 0 atom stereocenters. The van der Waals surface area contributed by atoms with Gasteiger partial charge in [-0.1, -0.05) is 91.2 Å². The first-order valence-electron chi connectivity index (χ1n) is 12.3. The summed E-state index contributed by atoms with van der Waals surface area (Å²) in [5.74, 6) is 0. The third kappa shape index (κ3) is 14.3. The molecule has 0 aromatic heterocycles. The summed E-state index contributed by atoms with van der Waals surface area (Å²) in [6, 6.07) is 21.0. The van der Waals surface area contributed by atoms with E-state index in [1.54, 1.807) is 0 Å². The van der Waals surface area contributed by atoms with Gasteiger partial charge in [-0.15, -0.1) is 8.07 Å². The number of hydrogen-bond donors (Lipinski definition) is 0. The van der Waals surface area contributed by atoms with Gasteiger partial charge >= 0.3 is 32.7 Å². The molecule has 0 saturated carbocycles. The second-order valence-electron chi connectivity index (χ2n) is 9.99. The number of rotatable bonds is 2. The Hall–Kier alpha value is -0.229. The van der Waals surface area contributed by atoms with Crippen LogP contribution in [0.25, 0.3) is 0 Å². The van der Waals surface area contributed by atoms with Crippen molar-refractivity contribution >= 4 is 32.7 Å². The van der Waals surface area contributed by atoms with E-state index in [1.165, 1.54) is 23.8 Å². The normalized spacial score (nSPS) is 17.9. The molecular formula is C28H41B2N2OSiY+2. The molecule has 3 fully saturated rings. The van der Waals surface area contributed by atoms with Gasteiger partial charge in [0.25, 0.3) is 13.7 Å². The van der Waals surface area contributed by atoms with Gasteiger partial charge in [0, 0.05) is 26.3 Å². The van der Waals surface area contributed by atoms with E-state index in [2.05, 4.69) is 137 Å². The molecule has 0 bridgehead atoms. The Morgan fingerprint density at radius 3 is 1.29 bits per heavy atom. The van der Waals surface area contributed by atoms with Crippen molar-refractivity contribution in [3.05, 3.63) is 106 Å². The summed E-state index contributed by atoms with van der Waals surface area (Å²) >= 11 is 0. The molecule has 7 heteroatoms. The van der Waals surface area contributed by atoms with Crippen molar-refractivity contribution in [1.29, 1.82) is 0 Å². The van der Waals surface area contributed by atoms with Crippen LogP contribution in [0.4, 0.5) is 0 Å². The van der Waals surface area contributed by atoms with Gasteiger partial charge in [0.2, 0.25) is 0 Å². The van der Waals surface area contributed by atoms with Crippen LogP contribution in [0.15, 0.2) is 60.7 Å². The van der Waals surface area contributed by atoms with Crippen LogP contribution in [-0.2, 0) is 37.4 Å². The smallest absolute Gasteiger partial charge is 0.381 e. The van der Waals surface area contributed by atoms with Crippen LogP contribution in [0.1, 0.15) is 12.8 Å². The summed E-state index contributed by atoms with van der Waals surface area (Å²) < 4.78 is 4.94. The summed E-state index contributed by atoms with van der Waals surface area (Å²) in [6.45, 7) is 17.6. The molecule has 2 aromatic rings. The number of benzene rings is 2. The molecule has 0 unspecified atom stereocenters. The number of hydrogen-bond acceptors (Lipinski definition) is 3. The molecule has 6 radical (unpaired) electrons. The van der Waals surface area contributed by atoms with Crippen molar-refractivity contribution in [2.75, 3.05) is 27.3 Å². The largest absolute Gasteiger partial charge is 3.00 e. The minimum atomic E-state index is -0.861. The van der Waals surface area contributed by atoms with Gasteiger partial charge in [0.05, 0.1) is 0 Å². The molecule has 5 rings (SSSR count). The zero-order valence-electron chi connectivity index (χ0n) is 22.3.